The summed E-state index contributed by atoms with van der Waals surface area (Å²) in [6.07, 6.45) is 2.74. The smallest absolute Gasteiger partial charge is 0.0642 e. The van der Waals surface area contributed by atoms with Crippen LogP contribution < -0.4 is 4.90 Å². The third-order valence-electron chi connectivity index (χ3n) is 3.28. The summed E-state index contributed by atoms with van der Waals surface area (Å²) in [7, 11) is 0. The molecule has 3 heteroatoms. The molecule has 0 saturated heterocycles. The first kappa shape index (κ1) is 13.2. The quantitative estimate of drug-likeness (QED) is 0.701. The lowest BCUT2D eigenvalue weighted by Crippen LogP contribution is -2.33. The molecule has 0 N–H and O–H groups in total. The number of para-hydroxylation sites is 1. The van der Waals surface area contributed by atoms with Crippen LogP contribution in [0.25, 0.3) is 0 Å². The van der Waals surface area contributed by atoms with Gasteiger partial charge in [-0.3, -0.25) is 0 Å². The Morgan fingerprint density at radius 3 is 2.65 bits per heavy atom. The van der Waals surface area contributed by atoms with Gasteiger partial charge in [0.1, 0.15) is 0 Å². The molecule has 1 aliphatic rings. The molecule has 0 atom stereocenters. The van der Waals surface area contributed by atoms with Gasteiger partial charge in [-0.05, 0) is 44.2 Å². The maximum Gasteiger partial charge on any atom is 0.0642 e. The van der Waals surface area contributed by atoms with Crippen LogP contribution in [0.5, 0.6) is 0 Å². The van der Waals surface area contributed by atoms with Gasteiger partial charge in [0, 0.05) is 17.9 Å². The molecule has 94 valence electrons. The molecule has 1 saturated carbocycles. The first-order valence-electron chi connectivity index (χ1n) is 6.23. The Morgan fingerprint density at radius 1 is 1.41 bits per heavy atom. The molecule has 0 amide bonds. The van der Waals surface area contributed by atoms with E-state index in [0.717, 1.165) is 22.8 Å². The van der Waals surface area contributed by atoms with Crippen LogP contribution in [-0.4, -0.2) is 12.6 Å². The Bertz CT molecular complexity index is 388. The second-order valence-electron chi connectivity index (χ2n) is 5.07. The molecule has 0 aromatic heterocycles. The van der Waals surface area contributed by atoms with Crippen molar-refractivity contribution in [2.45, 2.75) is 38.1 Å². The Hall–Kier alpha value is -0.210. The van der Waals surface area contributed by atoms with E-state index in [4.69, 9.17) is 11.6 Å². The lowest BCUT2D eigenvalue weighted by molar-refractivity contribution is 0.643. The highest BCUT2D eigenvalue weighted by molar-refractivity contribution is 9.08. The molecule has 1 aromatic rings. The van der Waals surface area contributed by atoms with Gasteiger partial charge in [-0.1, -0.05) is 39.7 Å². The van der Waals surface area contributed by atoms with E-state index in [0.29, 0.717) is 6.04 Å². The van der Waals surface area contributed by atoms with Gasteiger partial charge in [-0.25, -0.2) is 0 Å². The van der Waals surface area contributed by atoms with Gasteiger partial charge in [0.05, 0.1) is 10.7 Å². The third-order valence-corrected chi connectivity index (χ3v) is 4.19. The molecule has 17 heavy (non-hydrogen) atoms. The lowest BCUT2D eigenvalue weighted by Gasteiger charge is -2.31. The Balaban J connectivity index is 2.32. The molecule has 1 aliphatic carbocycles. The van der Waals surface area contributed by atoms with Gasteiger partial charge < -0.3 is 4.90 Å². The molecule has 0 aliphatic heterocycles. The van der Waals surface area contributed by atoms with Crippen molar-refractivity contribution in [2.24, 2.45) is 5.92 Å². The summed E-state index contributed by atoms with van der Waals surface area (Å²) in [5, 5.41) is 1.73. The van der Waals surface area contributed by atoms with Crippen molar-refractivity contribution in [3.63, 3.8) is 0 Å². The highest BCUT2D eigenvalue weighted by Crippen LogP contribution is 2.37. The number of hydrogen-bond acceptors (Lipinski definition) is 1. The molecule has 2 rings (SSSR count). The minimum absolute atomic E-state index is 0.494. The number of hydrogen-bond donors (Lipinski definition) is 0. The Morgan fingerprint density at radius 2 is 2.12 bits per heavy atom. The Kier molecular flexibility index (Phi) is 4.37. The maximum atomic E-state index is 6.39. The first-order valence-corrected chi connectivity index (χ1v) is 7.73. The van der Waals surface area contributed by atoms with E-state index >= 15 is 0 Å². The standard InChI is InChI=1S/C14H19BrClN/c1-10(2)17(9-11-6-7-11)14-12(8-15)4-3-5-13(14)16/h3-5,10-11H,6-9H2,1-2H3. The number of alkyl halides is 1. The molecule has 1 fully saturated rings. The average Bonchev–Trinajstić information content (AvgIpc) is 3.09. The van der Waals surface area contributed by atoms with Gasteiger partial charge in [-0.2, -0.15) is 0 Å². The van der Waals surface area contributed by atoms with Crippen LogP contribution in [-0.2, 0) is 5.33 Å². The van der Waals surface area contributed by atoms with Crippen LogP contribution in [0.3, 0.4) is 0 Å². The molecule has 0 spiro atoms. The summed E-state index contributed by atoms with van der Waals surface area (Å²) in [5.41, 5.74) is 2.50. The predicted octanol–water partition coefficient (Wildman–Crippen LogP) is 4.86. The third kappa shape index (κ3) is 3.17. The number of halogens is 2. The van der Waals surface area contributed by atoms with E-state index in [1.54, 1.807) is 0 Å². The largest absolute Gasteiger partial charge is 0.367 e. The van der Waals surface area contributed by atoms with E-state index in [1.807, 2.05) is 12.1 Å². The average molecular weight is 317 g/mol. The van der Waals surface area contributed by atoms with Gasteiger partial charge in [0.15, 0.2) is 0 Å². The van der Waals surface area contributed by atoms with Crippen molar-refractivity contribution in [3.05, 3.63) is 28.8 Å². The minimum Gasteiger partial charge on any atom is -0.367 e. The fourth-order valence-corrected chi connectivity index (χ4v) is 2.88. The summed E-state index contributed by atoms with van der Waals surface area (Å²) in [5.74, 6) is 0.872. The highest BCUT2D eigenvalue weighted by atomic mass is 79.9. The topological polar surface area (TPSA) is 3.24 Å². The zero-order chi connectivity index (χ0) is 12.4. The summed E-state index contributed by atoms with van der Waals surface area (Å²) in [4.78, 5) is 2.45. The van der Waals surface area contributed by atoms with Gasteiger partial charge in [0.25, 0.3) is 0 Å². The second-order valence-corrected chi connectivity index (χ2v) is 6.04. The molecule has 0 heterocycles. The fraction of sp³-hybridized carbons (Fsp3) is 0.571. The molecule has 1 nitrogen and oxygen atoms in total. The zero-order valence-electron chi connectivity index (χ0n) is 10.4. The monoisotopic (exact) mass is 315 g/mol. The van der Waals surface area contributed by atoms with Gasteiger partial charge >= 0.3 is 0 Å². The van der Waals surface area contributed by atoms with Crippen molar-refractivity contribution in [1.82, 2.24) is 0 Å². The summed E-state index contributed by atoms with van der Waals surface area (Å²) in [6, 6.07) is 6.66. The van der Waals surface area contributed by atoms with Gasteiger partial charge in [0.2, 0.25) is 0 Å². The molecule has 1 aromatic carbocycles. The van der Waals surface area contributed by atoms with Crippen molar-refractivity contribution in [1.29, 1.82) is 0 Å². The van der Waals surface area contributed by atoms with Crippen LogP contribution in [0.2, 0.25) is 5.02 Å². The van der Waals surface area contributed by atoms with E-state index in [2.05, 4.69) is 40.7 Å². The maximum absolute atomic E-state index is 6.39. The van der Waals surface area contributed by atoms with E-state index in [-0.39, 0.29) is 0 Å². The van der Waals surface area contributed by atoms with E-state index in [1.165, 1.54) is 24.1 Å². The summed E-state index contributed by atoms with van der Waals surface area (Å²) < 4.78 is 0. The lowest BCUT2D eigenvalue weighted by atomic mass is 10.1. The number of anilines is 1. The molecular weight excluding hydrogens is 298 g/mol. The highest BCUT2D eigenvalue weighted by Gasteiger charge is 2.27. The number of nitrogens with zero attached hydrogens (tertiary/aromatic N) is 1. The Labute approximate surface area is 117 Å². The van der Waals surface area contributed by atoms with E-state index in [9.17, 15) is 0 Å². The predicted molar refractivity (Wildman–Crippen MR) is 79.3 cm³/mol. The van der Waals surface area contributed by atoms with Crippen molar-refractivity contribution in [3.8, 4) is 0 Å². The van der Waals surface area contributed by atoms with Crippen LogP contribution in [0, 0.1) is 5.92 Å². The van der Waals surface area contributed by atoms with Crippen LogP contribution in [0.4, 0.5) is 5.69 Å². The summed E-state index contributed by atoms with van der Waals surface area (Å²) >= 11 is 9.94. The van der Waals surface area contributed by atoms with Crippen LogP contribution in [0.15, 0.2) is 18.2 Å². The molecular formula is C14H19BrClN. The van der Waals surface area contributed by atoms with Crippen LogP contribution in [0.1, 0.15) is 32.3 Å². The molecule has 0 unspecified atom stereocenters. The number of benzene rings is 1. The molecule has 0 radical (unpaired) electrons. The van der Waals surface area contributed by atoms with Crippen molar-refractivity contribution in [2.75, 3.05) is 11.4 Å². The van der Waals surface area contributed by atoms with Crippen molar-refractivity contribution < 1.29 is 0 Å². The van der Waals surface area contributed by atoms with Gasteiger partial charge in [-0.15, -0.1) is 0 Å². The number of rotatable bonds is 5. The first-order chi connectivity index (χ1) is 8.13. The fourth-order valence-electron chi connectivity index (χ4n) is 2.13. The summed E-state index contributed by atoms with van der Waals surface area (Å²) in [6.45, 7) is 5.62. The molecule has 0 bridgehead atoms. The van der Waals surface area contributed by atoms with E-state index < -0.39 is 0 Å². The van der Waals surface area contributed by atoms with Crippen molar-refractivity contribution >= 4 is 33.2 Å². The van der Waals surface area contributed by atoms with Crippen LogP contribution >= 0.6 is 27.5 Å². The second kappa shape index (κ2) is 5.62. The SMILES string of the molecule is CC(C)N(CC1CC1)c1c(Cl)cccc1CBr. The zero-order valence-corrected chi connectivity index (χ0v) is 12.8. The normalized spacial score (nSPS) is 15.4. The minimum atomic E-state index is 0.494.